The summed E-state index contributed by atoms with van der Waals surface area (Å²) >= 11 is 0. The number of hydrogen-bond donors (Lipinski definition) is 1. The first-order valence-corrected chi connectivity index (χ1v) is 7.57. The third-order valence-corrected chi connectivity index (χ3v) is 4.19. The maximum atomic E-state index is 12.5. The van der Waals surface area contributed by atoms with Gasteiger partial charge in [0.15, 0.2) is 5.41 Å². The molecule has 0 radical (unpaired) electrons. The van der Waals surface area contributed by atoms with Crippen molar-refractivity contribution in [2.24, 2.45) is 11.3 Å². The normalized spacial score (nSPS) is 21.4. The molecule has 0 aromatic carbocycles. The molecule has 0 saturated heterocycles. The fourth-order valence-corrected chi connectivity index (χ4v) is 2.89. The van der Waals surface area contributed by atoms with Gasteiger partial charge in [0, 0.05) is 0 Å². The molecule has 1 rings (SSSR count). The number of carbonyl (C=O) groups excluding carboxylic acids is 4. The van der Waals surface area contributed by atoms with Crippen molar-refractivity contribution in [3.8, 4) is 0 Å². The summed E-state index contributed by atoms with van der Waals surface area (Å²) < 4.78 is 13.9. The first kappa shape index (κ1) is 20.5. The standard InChI is InChI=1S/C15H20N2O8/c1-4-25-12(20)10(17-16)11(19)8-7-15(13(21)23-2,14(22)24-3)6-5-9(8)18/h8-9,18H,4-7H2,1-3H3/t8-,9+/m0/s1. The minimum absolute atomic E-state index is 0.0629. The minimum atomic E-state index is -1.79. The molecule has 0 aromatic rings. The zero-order valence-electron chi connectivity index (χ0n) is 14.2. The van der Waals surface area contributed by atoms with Gasteiger partial charge >= 0.3 is 23.6 Å². The van der Waals surface area contributed by atoms with Gasteiger partial charge in [-0.15, -0.1) is 0 Å². The van der Waals surface area contributed by atoms with Crippen LogP contribution in [0, 0.1) is 11.3 Å². The van der Waals surface area contributed by atoms with Crippen LogP contribution in [0.1, 0.15) is 26.2 Å². The molecule has 0 unspecified atom stereocenters. The lowest BCUT2D eigenvalue weighted by atomic mass is 9.66. The lowest BCUT2D eigenvalue weighted by Crippen LogP contribution is -2.51. The van der Waals surface area contributed by atoms with E-state index in [2.05, 4.69) is 19.0 Å². The minimum Gasteiger partial charge on any atom is -0.468 e. The van der Waals surface area contributed by atoms with Crippen LogP contribution < -0.4 is 0 Å². The van der Waals surface area contributed by atoms with Crippen molar-refractivity contribution in [2.75, 3.05) is 20.8 Å². The molecule has 0 aliphatic heterocycles. The zero-order valence-corrected chi connectivity index (χ0v) is 14.2. The highest BCUT2D eigenvalue weighted by molar-refractivity contribution is 6.62. The number of rotatable bonds is 6. The Kier molecular flexibility index (Phi) is 6.96. The summed E-state index contributed by atoms with van der Waals surface area (Å²) in [4.78, 5) is 51.2. The Morgan fingerprint density at radius 1 is 1.20 bits per heavy atom. The van der Waals surface area contributed by atoms with E-state index >= 15 is 0 Å². The van der Waals surface area contributed by atoms with Crippen molar-refractivity contribution in [1.82, 2.24) is 0 Å². The fraction of sp³-hybridized carbons (Fsp3) is 0.667. The van der Waals surface area contributed by atoms with Crippen molar-refractivity contribution in [3.05, 3.63) is 5.53 Å². The lowest BCUT2D eigenvalue weighted by molar-refractivity contribution is -0.175. The maximum Gasteiger partial charge on any atom is 0.441 e. The van der Waals surface area contributed by atoms with Crippen molar-refractivity contribution in [2.45, 2.75) is 32.3 Å². The van der Waals surface area contributed by atoms with Crippen LogP contribution in [-0.2, 0) is 33.4 Å². The largest absolute Gasteiger partial charge is 0.468 e. The summed E-state index contributed by atoms with van der Waals surface area (Å²) in [5.41, 5.74) is 6.24. The van der Waals surface area contributed by atoms with E-state index in [9.17, 15) is 24.3 Å². The molecular weight excluding hydrogens is 336 g/mol. The number of aliphatic hydroxyl groups excluding tert-OH is 1. The van der Waals surface area contributed by atoms with Crippen molar-refractivity contribution >= 4 is 29.4 Å². The second-order valence-electron chi connectivity index (χ2n) is 5.52. The molecule has 2 atom stereocenters. The van der Waals surface area contributed by atoms with Crippen molar-refractivity contribution < 1.29 is 43.3 Å². The van der Waals surface area contributed by atoms with E-state index in [0.29, 0.717) is 0 Å². The third-order valence-electron chi connectivity index (χ3n) is 4.19. The van der Waals surface area contributed by atoms with Crippen LogP contribution >= 0.6 is 0 Å². The highest BCUT2D eigenvalue weighted by Crippen LogP contribution is 2.42. The molecule has 0 aromatic heterocycles. The van der Waals surface area contributed by atoms with Crippen LogP contribution in [0.25, 0.3) is 5.53 Å². The second-order valence-corrected chi connectivity index (χ2v) is 5.52. The van der Waals surface area contributed by atoms with Crippen molar-refractivity contribution in [1.29, 1.82) is 0 Å². The van der Waals surface area contributed by atoms with Crippen molar-refractivity contribution in [3.63, 3.8) is 0 Å². The monoisotopic (exact) mass is 356 g/mol. The molecule has 1 saturated carbocycles. The molecule has 0 bridgehead atoms. The number of aliphatic hydroxyl groups is 1. The van der Waals surface area contributed by atoms with Crippen LogP contribution in [0.5, 0.6) is 0 Å². The molecule has 0 spiro atoms. The van der Waals surface area contributed by atoms with Gasteiger partial charge in [0.1, 0.15) is 0 Å². The molecule has 0 amide bonds. The van der Waals surface area contributed by atoms with Gasteiger partial charge in [-0.2, -0.15) is 4.79 Å². The number of nitrogens with zero attached hydrogens (tertiary/aromatic N) is 2. The molecule has 10 nitrogen and oxygen atoms in total. The summed E-state index contributed by atoms with van der Waals surface area (Å²) in [5, 5.41) is 10.1. The van der Waals surface area contributed by atoms with Gasteiger partial charge in [-0.25, -0.2) is 4.79 Å². The van der Waals surface area contributed by atoms with Gasteiger partial charge in [0.2, 0.25) is 0 Å². The Bertz CT molecular complexity index is 607. The third kappa shape index (κ3) is 3.92. The van der Waals surface area contributed by atoms with E-state index < -0.39 is 53.3 Å². The lowest BCUT2D eigenvalue weighted by Gasteiger charge is -2.37. The molecule has 1 aliphatic rings. The van der Waals surface area contributed by atoms with Gasteiger partial charge in [0.25, 0.3) is 5.78 Å². The van der Waals surface area contributed by atoms with Gasteiger partial charge < -0.3 is 24.8 Å². The highest BCUT2D eigenvalue weighted by atomic mass is 16.5. The fourth-order valence-electron chi connectivity index (χ4n) is 2.89. The Balaban J connectivity index is 3.23. The topological polar surface area (TPSA) is 153 Å². The van der Waals surface area contributed by atoms with Gasteiger partial charge in [-0.3, -0.25) is 14.4 Å². The van der Waals surface area contributed by atoms with Gasteiger partial charge in [-0.05, 0) is 26.2 Å². The molecule has 1 fully saturated rings. The number of ketones is 1. The Morgan fingerprint density at radius 3 is 2.20 bits per heavy atom. The molecule has 25 heavy (non-hydrogen) atoms. The summed E-state index contributed by atoms with van der Waals surface area (Å²) in [6, 6.07) is 0. The van der Waals surface area contributed by atoms with Crippen LogP contribution in [0.2, 0.25) is 0 Å². The van der Waals surface area contributed by atoms with Crippen LogP contribution in [-0.4, -0.2) is 66.2 Å². The quantitative estimate of drug-likeness (QED) is 0.163. The molecule has 1 N–H and O–H groups in total. The van der Waals surface area contributed by atoms with E-state index in [1.807, 2.05) is 0 Å². The zero-order chi connectivity index (χ0) is 19.2. The first-order chi connectivity index (χ1) is 11.8. The van der Waals surface area contributed by atoms with Crippen LogP contribution in [0.4, 0.5) is 0 Å². The summed E-state index contributed by atoms with van der Waals surface area (Å²) in [6.07, 6.45) is -1.89. The van der Waals surface area contributed by atoms with E-state index in [-0.39, 0.29) is 19.4 Å². The SMILES string of the molecule is CCOC(=O)C(=[N+]=[N-])C(=O)[C@H]1CC(C(=O)OC)(C(=O)OC)CC[C@H]1O. The predicted octanol–water partition coefficient (Wildman–Crippen LogP) is -0.717. The second kappa shape index (κ2) is 8.50. The number of methoxy groups -OCH3 is 2. The Hall–Kier alpha value is -2.58. The number of esters is 3. The molecular formula is C15H20N2O8. The highest BCUT2D eigenvalue weighted by Gasteiger charge is 2.56. The van der Waals surface area contributed by atoms with Crippen LogP contribution in [0.3, 0.4) is 0 Å². The van der Waals surface area contributed by atoms with Gasteiger partial charge in [0.05, 0.1) is 32.8 Å². The van der Waals surface area contributed by atoms with Crippen LogP contribution in [0.15, 0.2) is 0 Å². The van der Waals surface area contributed by atoms with E-state index in [1.54, 1.807) is 0 Å². The Morgan fingerprint density at radius 2 is 1.76 bits per heavy atom. The van der Waals surface area contributed by atoms with Gasteiger partial charge in [-0.1, -0.05) is 0 Å². The van der Waals surface area contributed by atoms with E-state index in [4.69, 9.17) is 5.53 Å². The number of ether oxygens (including phenoxy) is 3. The molecule has 138 valence electrons. The summed E-state index contributed by atoms with van der Waals surface area (Å²) in [6.45, 7) is 1.43. The average Bonchev–Trinajstić information content (AvgIpc) is 2.61. The number of Topliss-reactive ketones (excluding diaryl/α,β-unsaturated/α-hetero) is 1. The first-order valence-electron chi connectivity index (χ1n) is 7.57. The molecule has 1 aliphatic carbocycles. The average molecular weight is 356 g/mol. The van der Waals surface area contributed by atoms with E-state index in [0.717, 1.165) is 14.2 Å². The smallest absolute Gasteiger partial charge is 0.441 e. The Labute approximate surface area is 143 Å². The maximum absolute atomic E-state index is 12.5. The summed E-state index contributed by atoms with van der Waals surface area (Å²) in [7, 11) is 2.15. The predicted molar refractivity (Wildman–Crippen MR) is 80.1 cm³/mol. The number of carbonyl (C=O) groups is 4. The molecule has 10 heteroatoms. The summed E-state index contributed by atoms with van der Waals surface area (Å²) in [5.74, 6) is -5.38. The molecule has 0 heterocycles. The van der Waals surface area contributed by atoms with E-state index in [1.165, 1.54) is 6.92 Å². The number of hydrogen-bond acceptors (Lipinski definition) is 8.